The van der Waals surface area contributed by atoms with Crippen LogP contribution in [-0.4, -0.2) is 42.9 Å². The summed E-state index contributed by atoms with van der Waals surface area (Å²) in [6.45, 7) is 11.1. The Hall–Kier alpha value is -2.10. The van der Waals surface area contributed by atoms with E-state index < -0.39 is 0 Å². The fourth-order valence-corrected chi connectivity index (χ4v) is 3.00. The Morgan fingerprint density at radius 3 is 2.15 bits per heavy atom. The van der Waals surface area contributed by atoms with Crippen molar-refractivity contribution in [3.05, 3.63) is 71.5 Å². The molecule has 0 bridgehead atoms. The van der Waals surface area contributed by atoms with Gasteiger partial charge in [-0.15, -0.1) is 0 Å². The van der Waals surface area contributed by atoms with Crippen LogP contribution < -0.4 is 16.2 Å². The highest BCUT2D eigenvalue weighted by atomic mass is 32.2. The minimum atomic E-state index is -0.0925. The van der Waals surface area contributed by atoms with Crippen molar-refractivity contribution < 1.29 is 19.2 Å². The number of carbonyl (C=O) groups is 1. The molecule has 0 fully saturated rings. The van der Waals surface area contributed by atoms with Crippen LogP contribution in [0.4, 0.5) is 0 Å². The van der Waals surface area contributed by atoms with Crippen LogP contribution in [0.5, 0.6) is 0 Å². The molecule has 1 atom stereocenters. The number of methoxy groups -OCH3 is 1. The number of hydrogen-bond donors (Lipinski definition) is 5. The molecule has 1 aromatic rings. The monoisotopic (exact) mass is 497 g/mol. The standard InChI is InChI=1S/C23H34N2O2.C2H6.CH4O.H3NOS/c1-5-23(16-11-17-24,21-14-7-6-8-15-21)18-25-22(26)19(2)12-9-10-13-20(3)27-4;2*1-2;1-3-2/h6-10,12-15H,5,11,16-18,24H2,1-4H3,(H,25,26);1-2H3;2H,1H3;2H,1H2/b10-9-,19-12+,20-13+;;;. The maximum atomic E-state index is 12.5. The number of aliphatic hydroxyl groups is 1. The third kappa shape index (κ3) is 16.5. The molecule has 1 amide bonds. The molecular formula is C26H47N3O4S. The van der Waals surface area contributed by atoms with Crippen LogP contribution >= 0.6 is 12.2 Å². The SMILES string of the molecule is CC.CCC(CCCN)(CNC(=O)/C(C)=C/C=C\C=C(/C)OC)c1ccccc1.CO.NSO. The molecule has 7 nitrogen and oxygen atoms in total. The molecule has 0 aliphatic heterocycles. The normalized spacial score (nSPS) is 12.7. The van der Waals surface area contributed by atoms with Gasteiger partial charge in [0.25, 0.3) is 0 Å². The van der Waals surface area contributed by atoms with Crippen molar-refractivity contribution in [1.29, 1.82) is 0 Å². The van der Waals surface area contributed by atoms with E-state index in [1.54, 1.807) is 7.11 Å². The predicted octanol–water partition coefficient (Wildman–Crippen LogP) is 4.94. The molecule has 1 rings (SSSR count). The number of amides is 1. The lowest BCUT2D eigenvalue weighted by atomic mass is 9.74. The molecule has 0 spiro atoms. The molecule has 0 aliphatic rings. The zero-order valence-electron chi connectivity index (χ0n) is 22.0. The van der Waals surface area contributed by atoms with Crippen molar-refractivity contribution in [3.63, 3.8) is 0 Å². The lowest BCUT2D eigenvalue weighted by Gasteiger charge is -2.34. The highest BCUT2D eigenvalue weighted by Gasteiger charge is 2.30. The Morgan fingerprint density at radius 2 is 1.68 bits per heavy atom. The molecule has 0 saturated carbocycles. The van der Waals surface area contributed by atoms with Gasteiger partial charge < -0.3 is 25.4 Å². The number of rotatable bonds is 11. The lowest BCUT2D eigenvalue weighted by Crippen LogP contribution is -2.41. The summed E-state index contributed by atoms with van der Waals surface area (Å²) in [7, 11) is 2.63. The van der Waals surface area contributed by atoms with E-state index in [9.17, 15) is 4.79 Å². The van der Waals surface area contributed by atoms with Crippen molar-refractivity contribution in [2.75, 3.05) is 27.3 Å². The number of benzene rings is 1. The van der Waals surface area contributed by atoms with Gasteiger partial charge in [0.05, 0.1) is 25.1 Å². The summed E-state index contributed by atoms with van der Waals surface area (Å²) in [5.41, 5.74) is 7.59. The third-order valence-electron chi connectivity index (χ3n) is 4.98. The average Bonchev–Trinajstić information content (AvgIpc) is 2.89. The molecule has 196 valence electrons. The van der Waals surface area contributed by atoms with Crippen molar-refractivity contribution in [2.45, 2.75) is 59.3 Å². The van der Waals surface area contributed by atoms with Gasteiger partial charge in [-0.25, -0.2) is 0 Å². The van der Waals surface area contributed by atoms with Gasteiger partial charge in [0, 0.05) is 24.6 Å². The van der Waals surface area contributed by atoms with E-state index >= 15 is 0 Å². The summed E-state index contributed by atoms with van der Waals surface area (Å²) in [5, 5.41) is 14.4. The van der Waals surface area contributed by atoms with Gasteiger partial charge >= 0.3 is 0 Å². The molecule has 34 heavy (non-hydrogen) atoms. The van der Waals surface area contributed by atoms with Gasteiger partial charge in [0.2, 0.25) is 5.91 Å². The van der Waals surface area contributed by atoms with Crippen LogP contribution in [0.2, 0.25) is 0 Å². The maximum absolute atomic E-state index is 12.5. The molecule has 7 N–H and O–H groups in total. The molecule has 1 aromatic carbocycles. The van der Waals surface area contributed by atoms with Crippen LogP contribution in [0.3, 0.4) is 0 Å². The van der Waals surface area contributed by atoms with Crippen molar-refractivity contribution >= 4 is 18.1 Å². The Bertz CT molecular complexity index is 695. The van der Waals surface area contributed by atoms with E-state index in [1.807, 2.05) is 58.1 Å². The molecule has 0 heterocycles. The number of allylic oxidation sites excluding steroid dienone is 5. The first kappa shape index (κ1) is 36.5. The van der Waals surface area contributed by atoms with Crippen LogP contribution in [0.1, 0.15) is 59.4 Å². The number of hydrogen-bond acceptors (Lipinski definition) is 7. The summed E-state index contributed by atoms with van der Waals surface area (Å²) in [6, 6.07) is 10.4. The van der Waals surface area contributed by atoms with E-state index in [-0.39, 0.29) is 23.6 Å². The number of nitrogens with two attached hydrogens (primary N) is 2. The smallest absolute Gasteiger partial charge is 0.246 e. The van der Waals surface area contributed by atoms with Crippen LogP contribution in [0, 0.1) is 0 Å². The Balaban J connectivity index is -0.00000124. The van der Waals surface area contributed by atoms with Crippen molar-refractivity contribution in [1.82, 2.24) is 5.32 Å². The number of carbonyl (C=O) groups excluding carboxylic acids is 1. The minimum Gasteiger partial charge on any atom is -0.501 e. The summed E-state index contributed by atoms with van der Waals surface area (Å²) in [6.07, 6.45) is 10.2. The van der Waals surface area contributed by atoms with E-state index in [2.05, 4.69) is 41.6 Å². The number of nitrogens with one attached hydrogen (secondary N) is 1. The third-order valence-corrected chi connectivity index (χ3v) is 4.98. The van der Waals surface area contributed by atoms with E-state index in [0.717, 1.165) is 32.1 Å². The van der Waals surface area contributed by atoms with E-state index in [4.69, 9.17) is 20.1 Å². The minimum absolute atomic E-state index is 0.0476. The van der Waals surface area contributed by atoms with E-state index in [0.29, 0.717) is 18.7 Å². The first-order chi connectivity index (χ1) is 16.4. The second kappa shape index (κ2) is 25.5. The van der Waals surface area contributed by atoms with Gasteiger partial charge in [-0.3, -0.25) is 9.93 Å². The zero-order valence-corrected chi connectivity index (χ0v) is 22.8. The fourth-order valence-electron chi connectivity index (χ4n) is 3.00. The topological polar surface area (TPSA) is 131 Å². The van der Waals surface area contributed by atoms with Crippen LogP contribution in [-0.2, 0) is 14.9 Å². The van der Waals surface area contributed by atoms with E-state index in [1.165, 1.54) is 5.56 Å². The number of aliphatic hydroxyl groups excluding tert-OH is 1. The summed E-state index contributed by atoms with van der Waals surface area (Å²) >= 11 is 0.250. The van der Waals surface area contributed by atoms with Gasteiger partial charge in [0.1, 0.15) is 0 Å². The van der Waals surface area contributed by atoms with Crippen molar-refractivity contribution in [3.8, 4) is 0 Å². The molecule has 1 unspecified atom stereocenters. The van der Waals surface area contributed by atoms with Gasteiger partial charge in [-0.05, 0) is 51.3 Å². The highest BCUT2D eigenvalue weighted by Crippen LogP contribution is 2.32. The first-order valence-electron chi connectivity index (χ1n) is 11.4. The largest absolute Gasteiger partial charge is 0.501 e. The molecule has 0 aromatic heterocycles. The summed E-state index contributed by atoms with van der Waals surface area (Å²) < 4.78 is 12.3. The molecule has 0 radical (unpaired) electrons. The zero-order chi connectivity index (χ0) is 26.8. The van der Waals surface area contributed by atoms with Gasteiger partial charge in [-0.1, -0.05) is 69.3 Å². The molecule has 0 aliphatic carbocycles. The van der Waals surface area contributed by atoms with Gasteiger partial charge in [0.15, 0.2) is 0 Å². The second-order valence-corrected chi connectivity index (χ2v) is 7.11. The quantitative estimate of drug-likeness (QED) is 0.0961. The van der Waals surface area contributed by atoms with Crippen molar-refractivity contribution in [2.24, 2.45) is 10.9 Å². The average molecular weight is 498 g/mol. The maximum Gasteiger partial charge on any atom is 0.246 e. The fraction of sp³-hybridized carbons (Fsp3) is 0.500. The number of ether oxygens (including phenoxy) is 1. The Morgan fingerprint density at radius 1 is 1.15 bits per heavy atom. The Kier molecular flexibility index (Phi) is 27.4. The van der Waals surface area contributed by atoms with Crippen LogP contribution in [0.25, 0.3) is 0 Å². The Labute approximate surface area is 211 Å². The molecular weight excluding hydrogens is 450 g/mol. The predicted molar refractivity (Wildman–Crippen MR) is 147 cm³/mol. The highest BCUT2D eigenvalue weighted by molar-refractivity contribution is 7.91. The lowest BCUT2D eigenvalue weighted by molar-refractivity contribution is -0.117. The summed E-state index contributed by atoms with van der Waals surface area (Å²) in [5.74, 6) is 0.769. The second-order valence-electron chi connectivity index (χ2n) is 6.90. The van der Waals surface area contributed by atoms with Gasteiger partial charge in [-0.2, -0.15) is 0 Å². The molecule has 8 heteroatoms. The summed E-state index contributed by atoms with van der Waals surface area (Å²) in [4.78, 5) is 12.5. The van der Waals surface area contributed by atoms with Crippen LogP contribution in [0.15, 0.2) is 66.0 Å². The first-order valence-corrected chi connectivity index (χ1v) is 12.3. The molecule has 0 saturated heterocycles.